The number of aromatic carboxylic acids is 1. The fourth-order valence-electron chi connectivity index (χ4n) is 0.449. The molecule has 4 nitrogen and oxygen atoms in total. The van der Waals surface area contributed by atoms with E-state index in [4.69, 9.17) is 28.3 Å². The molecular weight excluding hydrogens is 179 g/mol. The second kappa shape index (κ2) is 2.48. The second-order valence-electron chi connectivity index (χ2n) is 1.51. The van der Waals surface area contributed by atoms with Crippen LogP contribution in [0.3, 0.4) is 0 Å². The summed E-state index contributed by atoms with van der Waals surface area (Å²) in [6, 6.07) is 0. The van der Waals surface area contributed by atoms with Gasteiger partial charge in [-0.1, -0.05) is 23.2 Å². The van der Waals surface area contributed by atoms with Gasteiger partial charge in [0.15, 0.2) is 5.69 Å². The molecule has 0 aromatic carbocycles. The van der Waals surface area contributed by atoms with Gasteiger partial charge in [-0.15, -0.1) is 0 Å². The predicted molar refractivity (Wildman–Crippen MR) is 35.6 cm³/mol. The molecule has 0 unspecified atom stereocenters. The Bertz CT molecular complexity index is 270. The topological polar surface area (TPSA) is 66.0 Å². The van der Waals surface area contributed by atoms with Gasteiger partial charge >= 0.3 is 5.97 Å². The first-order valence-corrected chi connectivity index (χ1v) is 3.01. The molecule has 0 aliphatic rings. The molecule has 1 aromatic heterocycles. The number of H-pyrrole nitrogens is 1. The van der Waals surface area contributed by atoms with E-state index in [1.54, 1.807) is 0 Å². The van der Waals surface area contributed by atoms with Crippen LogP contribution in [0.1, 0.15) is 10.5 Å². The average molecular weight is 181 g/mol. The molecule has 6 heteroatoms. The minimum atomic E-state index is -1.20. The summed E-state index contributed by atoms with van der Waals surface area (Å²) in [6.45, 7) is 0. The van der Waals surface area contributed by atoms with E-state index in [1.807, 2.05) is 0 Å². The molecule has 10 heavy (non-hydrogen) atoms. The van der Waals surface area contributed by atoms with Gasteiger partial charge in [-0.25, -0.2) is 4.79 Å². The lowest BCUT2D eigenvalue weighted by atomic mass is 10.4. The highest BCUT2D eigenvalue weighted by atomic mass is 35.5. The maximum absolute atomic E-state index is 10.2. The summed E-state index contributed by atoms with van der Waals surface area (Å²) in [5.41, 5.74) is -0.258. The molecule has 54 valence electrons. The molecule has 0 aliphatic heterocycles. The van der Waals surface area contributed by atoms with Crippen LogP contribution < -0.4 is 0 Å². The van der Waals surface area contributed by atoms with Gasteiger partial charge in [0.05, 0.1) is 0 Å². The van der Waals surface area contributed by atoms with Crippen LogP contribution in [-0.2, 0) is 0 Å². The Balaban J connectivity index is 3.17. The van der Waals surface area contributed by atoms with Crippen LogP contribution in [-0.4, -0.2) is 21.3 Å². The first kappa shape index (κ1) is 7.37. The van der Waals surface area contributed by atoms with E-state index in [2.05, 4.69) is 10.2 Å². The average Bonchev–Trinajstić information content (AvgIpc) is 2.14. The highest BCUT2D eigenvalue weighted by Crippen LogP contribution is 2.21. The third-order valence-electron chi connectivity index (χ3n) is 0.869. The van der Waals surface area contributed by atoms with Crippen LogP contribution in [0.5, 0.6) is 0 Å². The highest BCUT2D eigenvalue weighted by molar-refractivity contribution is 6.42. The van der Waals surface area contributed by atoms with Gasteiger partial charge in [0.25, 0.3) is 0 Å². The normalized spacial score (nSPS) is 9.80. The van der Waals surface area contributed by atoms with Crippen LogP contribution in [0, 0.1) is 0 Å². The quantitative estimate of drug-likeness (QED) is 0.688. The molecule has 1 aromatic rings. The van der Waals surface area contributed by atoms with Crippen molar-refractivity contribution in [3.8, 4) is 0 Å². The van der Waals surface area contributed by atoms with Gasteiger partial charge in [-0.2, -0.15) is 5.10 Å². The van der Waals surface area contributed by atoms with Gasteiger partial charge in [-0.05, 0) is 0 Å². The number of carbonyl (C=O) groups is 1. The molecular formula is C4H2Cl2N2O2. The minimum Gasteiger partial charge on any atom is -0.476 e. The van der Waals surface area contributed by atoms with E-state index in [0.717, 1.165) is 0 Å². The van der Waals surface area contributed by atoms with E-state index in [0.29, 0.717) is 0 Å². The molecule has 0 amide bonds. The Morgan fingerprint density at radius 3 is 2.40 bits per heavy atom. The van der Waals surface area contributed by atoms with Crippen LogP contribution in [0.2, 0.25) is 10.2 Å². The summed E-state index contributed by atoms with van der Waals surface area (Å²) in [5.74, 6) is -1.20. The maximum atomic E-state index is 10.2. The summed E-state index contributed by atoms with van der Waals surface area (Å²) in [6.07, 6.45) is 0. The Hall–Kier alpha value is -0.740. The molecule has 1 rings (SSSR count). The zero-order valence-electron chi connectivity index (χ0n) is 4.56. The highest BCUT2D eigenvalue weighted by Gasteiger charge is 2.14. The summed E-state index contributed by atoms with van der Waals surface area (Å²) in [4.78, 5) is 10.2. The molecule has 0 bridgehead atoms. The van der Waals surface area contributed by atoms with Crippen molar-refractivity contribution in [3.63, 3.8) is 0 Å². The number of hydrogen-bond donors (Lipinski definition) is 2. The number of nitrogens with one attached hydrogen (secondary N) is 1. The van der Waals surface area contributed by atoms with Crippen molar-refractivity contribution in [1.82, 2.24) is 10.2 Å². The van der Waals surface area contributed by atoms with E-state index in [9.17, 15) is 4.79 Å². The molecule has 2 N–H and O–H groups in total. The second-order valence-corrected chi connectivity index (χ2v) is 2.26. The molecule has 0 spiro atoms. The number of rotatable bonds is 1. The smallest absolute Gasteiger partial charge is 0.358 e. The number of nitrogens with zero attached hydrogens (tertiary/aromatic N) is 1. The fraction of sp³-hybridized carbons (Fsp3) is 0. The van der Waals surface area contributed by atoms with Gasteiger partial charge < -0.3 is 5.11 Å². The van der Waals surface area contributed by atoms with E-state index in [1.165, 1.54) is 0 Å². The van der Waals surface area contributed by atoms with Crippen molar-refractivity contribution in [1.29, 1.82) is 0 Å². The Morgan fingerprint density at radius 1 is 1.60 bits per heavy atom. The first-order chi connectivity index (χ1) is 4.63. The van der Waals surface area contributed by atoms with E-state index >= 15 is 0 Å². The van der Waals surface area contributed by atoms with Gasteiger partial charge in [0.2, 0.25) is 0 Å². The fourth-order valence-corrected chi connectivity index (χ4v) is 0.746. The molecule has 0 saturated heterocycles. The van der Waals surface area contributed by atoms with Crippen molar-refractivity contribution in [2.24, 2.45) is 0 Å². The number of aromatic nitrogens is 2. The first-order valence-electron chi connectivity index (χ1n) is 2.25. The Morgan fingerprint density at radius 2 is 2.20 bits per heavy atom. The number of hydrogen-bond acceptors (Lipinski definition) is 2. The van der Waals surface area contributed by atoms with Gasteiger partial charge in [-0.3, -0.25) is 5.10 Å². The zero-order chi connectivity index (χ0) is 7.72. The number of carboxylic acids is 1. The van der Waals surface area contributed by atoms with E-state index in [-0.39, 0.29) is 15.9 Å². The monoisotopic (exact) mass is 180 g/mol. The van der Waals surface area contributed by atoms with Crippen molar-refractivity contribution in [2.45, 2.75) is 0 Å². The minimum absolute atomic E-state index is 0.0408. The third kappa shape index (κ3) is 1.08. The van der Waals surface area contributed by atoms with Crippen molar-refractivity contribution in [3.05, 3.63) is 15.9 Å². The number of aromatic amines is 1. The molecule has 0 fully saturated rings. The number of halogens is 2. The van der Waals surface area contributed by atoms with E-state index < -0.39 is 5.97 Å². The molecule has 1 heterocycles. The Kier molecular flexibility index (Phi) is 1.82. The lowest BCUT2D eigenvalue weighted by Crippen LogP contribution is -1.96. The molecule has 0 aliphatic carbocycles. The summed E-state index contributed by atoms with van der Waals surface area (Å²) in [7, 11) is 0. The predicted octanol–water partition coefficient (Wildman–Crippen LogP) is 1.41. The lowest BCUT2D eigenvalue weighted by Gasteiger charge is -1.83. The largest absolute Gasteiger partial charge is 0.476 e. The molecule has 0 saturated carbocycles. The number of carboxylic acid groups (broad SMARTS) is 1. The standard InChI is InChI=1S/C4H2Cl2N2O2/c5-1-2(4(9)10)7-8-3(1)6/h(H,7,8)(H,9,10). The van der Waals surface area contributed by atoms with Gasteiger partial charge in [0, 0.05) is 0 Å². The molecule has 0 radical (unpaired) electrons. The molecule has 0 atom stereocenters. The summed E-state index contributed by atoms with van der Waals surface area (Å²) >= 11 is 10.8. The lowest BCUT2D eigenvalue weighted by molar-refractivity contribution is 0.0690. The van der Waals surface area contributed by atoms with Crippen molar-refractivity contribution >= 4 is 29.2 Å². The van der Waals surface area contributed by atoms with Crippen molar-refractivity contribution < 1.29 is 9.90 Å². The van der Waals surface area contributed by atoms with Gasteiger partial charge in [0.1, 0.15) is 10.2 Å². The van der Waals surface area contributed by atoms with Crippen LogP contribution in [0.4, 0.5) is 0 Å². The van der Waals surface area contributed by atoms with Crippen LogP contribution in [0.25, 0.3) is 0 Å². The summed E-state index contributed by atoms with van der Waals surface area (Å²) < 4.78 is 0. The maximum Gasteiger partial charge on any atom is 0.358 e. The van der Waals surface area contributed by atoms with Crippen LogP contribution in [0.15, 0.2) is 0 Å². The zero-order valence-corrected chi connectivity index (χ0v) is 6.07. The Labute approximate surface area is 65.8 Å². The SMILES string of the molecule is O=C(O)c1n[nH]c(Cl)c1Cl. The third-order valence-corrected chi connectivity index (χ3v) is 1.61. The van der Waals surface area contributed by atoms with Crippen LogP contribution >= 0.6 is 23.2 Å². The van der Waals surface area contributed by atoms with Crippen molar-refractivity contribution in [2.75, 3.05) is 0 Å². The summed E-state index contributed by atoms with van der Waals surface area (Å²) in [5, 5.41) is 13.9.